The molecule has 0 heterocycles. The van der Waals surface area contributed by atoms with E-state index in [1.807, 2.05) is 0 Å². The average Bonchev–Trinajstić information content (AvgIpc) is 3.00. The first-order chi connectivity index (χ1) is 20.3. The summed E-state index contributed by atoms with van der Waals surface area (Å²) in [5.74, 6) is 0. The summed E-state index contributed by atoms with van der Waals surface area (Å²) in [5.41, 5.74) is 2.74. The van der Waals surface area contributed by atoms with Crippen LogP contribution in [0, 0.1) is 0 Å². The van der Waals surface area contributed by atoms with Gasteiger partial charge in [0.2, 0.25) is 0 Å². The summed E-state index contributed by atoms with van der Waals surface area (Å²) >= 11 is 0. The Hall–Kier alpha value is -2.29. The molecule has 0 atom stereocenters. The van der Waals surface area contributed by atoms with Gasteiger partial charge in [-0.3, -0.25) is 0 Å². The number of unbranched alkanes of at least 4 members (excludes halogenated alkanes) is 18. The minimum atomic E-state index is 0.0202. The van der Waals surface area contributed by atoms with Crippen molar-refractivity contribution in [3.8, 4) is 0 Å². The molecule has 232 valence electrons. The van der Waals surface area contributed by atoms with E-state index in [-0.39, 0.29) is 6.03 Å². The van der Waals surface area contributed by atoms with Crippen molar-refractivity contribution in [1.29, 1.82) is 0 Å². The van der Waals surface area contributed by atoms with E-state index in [1.54, 1.807) is 0 Å². The Morgan fingerprint density at radius 2 is 0.732 bits per heavy atom. The molecule has 2 amide bonds. The number of nitrogens with one attached hydrogen (secondary N) is 2. The van der Waals surface area contributed by atoms with E-state index in [0.717, 1.165) is 32.4 Å². The van der Waals surface area contributed by atoms with E-state index in [2.05, 4.69) is 85.1 Å². The van der Waals surface area contributed by atoms with Crippen LogP contribution in [0.5, 0.6) is 0 Å². The summed E-state index contributed by atoms with van der Waals surface area (Å²) < 4.78 is 0. The third-order valence-corrected chi connectivity index (χ3v) is 7.73. The molecule has 0 spiro atoms. The van der Waals surface area contributed by atoms with Crippen LogP contribution in [0.3, 0.4) is 0 Å². The number of amides is 2. The van der Waals surface area contributed by atoms with Gasteiger partial charge in [0.25, 0.3) is 0 Å². The van der Waals surface area contributed by atoms with Gasteiger partial charge in [0.1, 0.15) is 0 Å². The van der Waals surface area contributed by atoms with Gasteiger partial charge in [0, 0.05) is 13.1 Å². The Labute approximate surface area is 254 Å². The molecule has 0 unspecified atom stereocenters. The van der Waals surface area contributed by atoms with Crippen LogP contribution in [0.4, 0.5) is 4.79 Å². The van der Waals surface area contributed by atoms with E-state index in [1.165, 1.54) is 127 Å². The summed E-state index contributed by atoms with van der Waals surface area (Å²) in [7, 11) is 0. The lowest BCUT2D eigenvalue weighted by Gasteiger charge is -2.08. The quantitative estimate of drug-likeness (QED) is 0.122. The third-order valence-electron chi connectivity index (χ3n) is 7.73. The first kappa shape index (κ1) is 36.7. The molecule has 0 bridgehead atoms. The number of hydrogen-bond donors (Lipinski definition) is 2. The highest BCUT2D eigenvalue weighted by Gasteiger charge is 1.99. The smallest absolute Gasteiger partial charge is 0.314 e. The fourth-order valence-electron chi connectivity index (χ4n) is 5.12. The first-order valence-electron chi connectivity index (χ1n) is 17.4. The van der Waals surface area contributed by atoms with Crippen LogP contribution in [0.25, 0.3) is 0 Å². The zero-order valence-electron chi connectivity index (χ0n) is 26.9. The van der Waals surface area contributed by atoms with Gasteiger partial charge in [-0.25, -0.2) is 4.79 Å². The Morgan fingerprint density at radius 1 is 0.439 bits per heavy atom. The predicted octanol–water partition coefficient (Wildman–Crippen LogP) is 11.4. The molecule has 2 N–H and O–H groups in total. The van der Waals surface area contributed by atoms with Crippen LogP contribution in [-0.2, 0) is 6.42 Å². The SMILES string of the molecule is CCCCCCCCCCCCNC(=O)NCCCCCCCCCCCC.c1ccc(Cc2ccccc2)cc1. The molecule has 41 heavy (non-hydrogen) atoms. The third kappa shape index (κ3) is 25.2. The number of carbonyl (C=O) groups is 1. The number of urea groups is 1. The fraction of sp³-hybridized carbons (Fsp3) is 0.658. The van der Waals surface area contributed by atoms with Crippen molar-refractivity contribution >= 4 is 6.03 Å². The molecule has 0 radical (unpaired) electrons. The highest BCUT2D eigenvalue weighted by Crippen LogP contribution is 2.11. The van der Waals surface area contributed by atoms with Gasteiger partial charge < -0.3 is 10.6 Å². The van der Waals surface area contributed by atoms with Crippen molar-refractivity contribution in [1.82, 2.24) is 10.6 Å². The first-order valence-corrected chi connectivity index (χ1v) is 17.4. The molecule has 0 aliphatic carbocycles. The van der Waals surface area contributed by atoms with Crippen molar-refractivity contribution in [2.75, 3.05) is 13.1 Å². The predicted molar refractivity (Wildman–Crippen MR) is 181 cm³/mol. The lowest BCUT2D eigenvalue weighted by Crippen LogP contribution is -2.36. The van der Waals surface area contributed by atoms with Gasteiger partial charge in [0.05, 0.1) is 0 Å². The molecule has 0 aromatic heterocycles. The van der Waals surface area contributed by atoms with Crippen molar-refractivity contribution < 1.29 is 4.79 Å². The van der Waals surface area contributed by atoms with Gasteiger partial charge >= 0.3 is 6.03 Å². The maximum Gasteiger partial charge on any atom is 0.314 e. The highest BCUT2D eigenvalue weighted by atomic mass is 16.2. The Balaban J connectivity index is 0.000000528. The highest BCUT2D eigenvalue weighted by molar-refractivity contribution is 5.73. The minimum Gasteiger partial charge on any atom is -0.338 e. The molecule has 0 fully saturated rings. The zero-order chi connectivity index (χ0) is 29.5. The average molecular weight is 565 g/mol. The maximum atomic E-state index is 11.7. The van der Waals surface area contributed by atoms with Gasteiger partial charge in [-0.2, -0.15) is 0 Å². The maximum absolute atomic E-state index is 11.7. The van der Waals surface area contributed by atoms with Crippen LogP contribution >= 0.6 is 0 Å². The normalized spacial score (nSPS) is 10.6. The van der Waals surface area contributed by atoms with Crippen molar-refractivity contribution in [3.63, 3.8) is 0 Å². The Morgan fingerprint density at radius 3 is 1.05 bits per heavy atom. The lowest BCUT2D eigenvalue weighted by atomic mass is 10.1. The largest absolute Gasteiger partial charge is 0.338 e. The monoisotopic (exact) mass is 565 g/mol. The lowest BCUT2D eigenvalue weighted by molar-refractivity contribution is 0.240. The standard InChI is InChI=1S/C25H52N2O.C13H12/c1-3-5-7-9-11-13-15-17-19-21-23-26-25(28)27-24-22-20-18-16-14-12-10-8-6-4-2;1-3-7-12(8-4-1)11-13-9-5-2-6-10-13/h3-24H2,1-2H3,(H2,26,27,28);1-10H,11H2. The topological polar surface area (TPSA) is 41.1 Å². The van der Waals surface area contributed by atoms with Crippen LogP contribution < -0.4 is 10.6 Å². The molecule has 0 aliphatic heterocycles. The molecule has 0 saturated carbocycles. The molecular weight excluding hydrogens is 500 g/mol. The number of hydrogen-bond acceptors (Lipinski definition) is 1. The summed E-state index contributed by atoms with van der Waals surface area (Å²) in [6.45, 7) is 6.18. The van der Waals surface area contributed by atoms with Crippen LogP contribution in [0.2, 0.25) is 0 Å². The number of carbonyl (C=O) groups excluding carboxylic acids is 1. The van der Waals surface area contributed by atoms with Gasteiger partial charge in [-0.1, -0.05) is 190 Å². The van der Waals surface area contributed by atoms with Crippen LogP contribution in [0.15, 0.2) is 60.7 Å². The van der Waals surface area contributed by atoms with Gasteiger partial charge in [-0.15, -0.1) is 0 Å². The Bertz CT molecular complexity index is 727. The van der Waals surface area contributed by atoms with Crippen molar-refractivity contribution in [2.45, 2.75) is 149 Å². The van der Waals surface area contributed by atoms with Crippen LogP contribution in [0.1, 0.15) is 153 Å². The molecule has 2 aromatic carbocycles. The molecule has 2 rings (SSSR count). The van der Waals surface area contributed by atoms with Gasteiger partial charge in [0.15, 0.2) is 0 Å². The second-order valence-electron chi connectivity index (χ2n) is 11.7. The fourth-order valence-corrected chi connectivity index (χ4v) is 5.12. The second-order valence-corrected chi connectivity index (χ2v) is 11.7. The zero-order valence-corrected chi connectivity index (χ0v) is 26.9. The minimum absolute atomic E-state index is 0.0202. The molecule has 3 heteroatoms. The molecule has 0 aliphatic rings. The second kappa shape index (κ2) is 29.2. The van der Waals surface area contributed by atoms with E-state index >= 15 is 0 Å². The number of rotatable bonds is 24. The summed E-state index contributed by atoms with van der Waals surface area (Å²) in [6, 6.07) is 21.1. The molecular formula is C38H64N2O. The molecule has 2 aromatic rings. The van der Waals surface area contributed by atoms with E-state index in [4.69, 9.17) is 0 Å². The summed E-state index contributed by atoms with van der Waals surface area (Å²) in [5, 5.41) is 5.99. The van der Waals surface area contributed by atoms with Crippen LogP contribution in [-0.4, -0.2) is 19.1 Å². The Kier molecular flexibility index (Phi) is 26.2. The van der Waals surface area contributed by atoms with E-state index < -0.39 is 0 Å². The van der Waals surface area contributed by atoms with Crippen molar-refractivity contribution in [2.24, 2.45) is 0 Å². The molecule has 0 saturated heterocycles. The van der Waals surface area contributed by atoms with E-state index in [9.17, 15) is 4.79 Å². The number of benzene rings is 2. The van der Waals surface area contributed by atoms with E-state index in [0.29, 0.717) is 0 Å². The van der Waals surface area contributed by atoms with Gasteiger partial charge in [-0.05, 0) is 30.4 Å². The summed E-state index contributed by atoms with van der Waals surface area (Å²) in [4.78, 5) is 11.7. The summed E-state index contributed by atoms with van der Waals surface area (Å²) in [6.07, 6.45) is 27.8. The molecule has 3 nitrogen and oxygen atoms in total. The van der Waals surface area contributed by atoms with Crippen molar-refractivity contribution in [3.05, 3.63) is 71.8 Å².